The van der Waals surface area contributed by atoms with Crippen molar-refractivity contribution in [2.45, 2.75) is 26.4 Å². The Bertz CT molecular complexity index is 1300. The first kappa shape index (κ1) is 24.1. The van der Waals surface area contributed by atoms with Crippen LogP contribution in [0.15, 0.2) is 59.4 Å². The molecule has 33 heavy (non-hydrogen) atoms. The molecule has 3 aromatic rings. The number of rotatable bonds is 8. The third-order valence-corrected chi connectivity index (χ3v) is 6.65. The van der Waals surface area contributed by atoms with Crippen molar-refractivity contribution < 1.29 is 17.9 Å². The molecule has 0 radical (unpaired) electrons. The summed E-state index contributed by atoms with van der Waals surface area (Å²) in [6, 6.07) is 15.6. The zero-order chi connectivity index (χ0) is 24.3. The summed E-state index contributed by atoms with van der Waals surface area (Å²) in [6.07, 6.45) is 0.648. The number of carbonyl (C=O) groups is 1. The fourth-order valence-corrected chi connectivity index (χ4v) is 3.83. The standard InChI is InChI=1S/C23H28N4O5S/c1-6-20(32-19-14-12-17(13-15-19)26(4)33(5,30)31)22(28)24-21-16(2)25(3)27(23(21)29)18-10-8-7-9-11-18/h7-15,20H,6H2,1-5H3,(H,24,28)/t20-/m1/s1. The number of para-hydroxylation sites is 1. The van der Waals surface area contributed by atoms with Crippen LogP contribution in [0, 0.1) is 6.92 Å². The maximum atomic E-state index is 13.0. The third kappa shape index (κ3) is 5.11. The van der Waals surface area contributed by atoms with E-state index in [2.05, 4.69) is 5.32 Å². The highest BCUT2D eigenvalue weighted by Gasteiger charge is 2.24. The second-order valence-corrected chi connectivity index (χ2v) is 9.68. The second-order valence-electron chi connectivity index (χ2n) is 7.66. The molecule has 0 saturated heterocycles. The van der Waals surface area contributed by atoms with Gasteiger partial charge in [0.15, 0.2) is 6.10 Å². The Morgan fingerprint density at radius 3 is 2.27 bits per heavy atom. The van der Waals surface area contributed by atoms with Crippen LogP contribution in [0.25, 0.3) is 5.69 Å². The Kier molecular flexibility index (Phi) is 6.97. The normalized spacial score (nSPS) is 12.3. The van der Waals surface area contributed by atoms with Crippen LogP contribution < -0.4 is 19.9 Å². The first-order chi connectivity index (χ1) is 15.5. The molecule has 10 heteroatoms. The number of amides is 1. The summed E-state index contributed by atoms with van der Waals surface area (Å²) in [7, 11) is -0.171. The molecule has 9 nitrogen and oxygen atoms in total. The van der Waals surface area contributed by atoms with Crippen molar-refractivity contribution in [1.82, 2.24) is 9.36 Å². The Hall–Kier alpha value is -3.53. The van der Waals surface area contributed by atoms with Crippen LogP contribution in [0.3, 0.4) is 0 Å². The molecule has 0 saturated carbocycles. The van der Waals surface area contributed by atoms with Gasteiger partial charge in [-0.25, -0.2) is 13.1 Å². The maximum Gasteiger partial charge on any atom is 0.295 e. The van der Waals surface area contributed by atoms with E-state index in [0.717, 1.165) is 10.6 Å². The molecule has 0 aliphatic heterocycles. The number of nitrogens with one attached hydrogen (secondary N) is 1. The third-order valence-electron chi connectivity index (χ3n) is 5.44. The highest BCUT2D eigenvalue weighted by atomic mass is 32.2. The molecule has 0 aliphatic rings. The Balaban J connectivity index is 1.79. The van der Waals surface area contributed by atoms with Gasteiger partial charge in [0.05, 0.1) is 23.3 Å². The molecule has 1 N–H and O–H groups in total. The molecule has 0 bridgehead atoms. The van der Waals surface area contributed by atoms with Gasteiger partial charge in [0.2, 0.25) is 10.0 Å². The molecule has 1 aromatic heterocycles. The average Bonchev–Trinajstić information content (AvgIpc) is 3.00. The predicted molar refractivity (Wildman–Crippen MR) is 129 cm³/mol. The van der Waals surface area contributed by atoms with Gasteiger partial charge >= 0.3 is 0 Å². The molecule has 0 spiro atoms. The molecule has 2 aromatic carbocycles. The number of sulfonamides is 1. The van der Waals surface area contributed by atoms with Crippen LogP contribution in [0.4, 0.5) is 11.4 Å². The molecule has 0 fully saturated rings. The van der Waals surface area contributed by atoms with E-state index in [0.29, 0.717) is 29.2 Å². The van der Waals surface area contributed by atoms with Gasteiger partial charge in [0.1, 0.15) is 11.4 Å². The smallest absolute Gasteiger partial charge is 0.295 e. The van der Waals surface area contributed by atoms with E-state index in [1.54, 1.807) is 49.8 Å². The lowest BCUT2D eigenvalue weighted by molar-refractivity contribution is -0.122. The largest absolute Gasteiger partial charge is 0.481 e. The fourth-order valence-electron chi connectivity index (χ4n) is 3.33. The van der Waals surface area contributed by atoms with E-state index in [1.807, 2.05) is 30.3 Å². The molecular weight excluding hydrogens is 444 g/mol. The summed E-state index contributed by atoms with van der Waals surface area (Å²) in [5.41, 5.74) is 1.64. The van der Waals surface area contributed by atoms with Gasteiger partial charge < -0.3 is 10.1 Å². The van der Waals surface area contributed by atoms with Crippen molar-refractivity contribution in [2.75, 3.05) is 22.9 Å². The number of carbonyl (C=O) groups excluding carboxylic acids is 1. The van der Waals surface area contributed by atoms with Gasteiger partial charge in [-0.2, -0.15) is 0 Å². The van der Waals surface area contributed by atoms with Crippen molar-refractivity contribution in [3.8, 4) is 11.4 Å². The first-order valence-electron chi connectivity index (χ1n) is 10.4. The van der Waals surface area contributed by atoms with E-state index < -0.39 is 22.0 Å². The second kappa shape index (κ2) is 9.53. The van der Waals surface area contributed by atoms with Gasteiger partial charge in [-0.05, 0) is 49.7 Å². The number of hydrogen-bond acceptors (Lipinski definition) is 5. The van der Waals surface area contributed by atoms with Crippen molar-refractivity contribution in [2.24, 2.45) is 7.05 Å². The van der Waals surface area contributed by atoms with Gasteiger partial charge in [0.25, 0.3) is 11.5 Å². The number of anilines is 2. The van der Waals surface area contributed by atoms with E-state index in [9.17, 15) is 18.0 Å². The van der Waals surface area contributed by atoms with Crippen LogP contribution in [0.5, 0.6) is 5.75 Å². The summed E-state index contributed by atoms with van der Waals surface area (Å²) in [6.45, 7) is 3.56. The molecule has 0 aliphatic carbocycles. The highest BCUT2D eigenvalue weighted by molar-refractivity contribution is 7.92. The topological polar surface area (TPSA) is 103 Å². The number of benzene rings is 2. The van der Waals surface area contributed by atoms with E-state index in [1.165, 1.54) is 11.7 Å². The van der Waals surface area contributed by atoms with Gasteiger partial charge in [-0.1, -0.05) is 25.1 Å². The van der Waals surface area contributed by atoms with Crippen LogP contribution in [-0.2, 0) is 21.9 Å². The molecule has 176 valence electrons. The van der Waals surface area contributed by atoms with Crippen molar-refractivity contribution in [3.05, 3.63) is 70.6 Å². The van der Waals surface area contributed by atoms with Gasteiger partial charge in [-0.15, -0.1) is 0 Å². The Morgan fingerprint density at radius 2 is 1.73 bits per heavy atom. The highest BCUT2D eigenvalue weighted by Crippen LogP contribution is 2.22. The summed E-state index contributed by atoms with van der Waals surface area (Å²) >= 11 is 0. The minimum absolute atomic E-state index is 0.193. The Morgan fingerprint density at radius 1 is 1.12 bits per heavy atom. The number of ether oxygens (including phenoxy) is 1. The van der Waals surface area contributed by atoms with Crippen LogP contribution in [0.1, 0.15) is 19.0 Å². The van der Waals surface area contributed by atoms with E-state index in [-0.39, 0.29) is 11.2 Å². The van der Waals surface area contributed by atoms with Crippen LogP contribution in [-0.4, -0.2) is 43.1 Å². The Labute approximate surface area is 193 Å². The average molecular weight is 473 g/mol. The molecule has 3 rings (SSSR count). The summed E-state index contributed by atoms with van der Waals surface area (Å²) in [4.78, 5) is 26.0. The fraction of sp³-hybridized carbons (Fsp3) is 0.304. The summed E-state index contributed by atoms with van der Waals surface area (Å²) in [5, 5.41) is 2.72. The monoisotopic (exact) mass is 472 g/mol. The van der Waals surface area contributed by atoms with E-state index >= 15 is 0 Å². The van der Waals surface area contributed by atoms with E-state index in [4.69, 9.17) is 4.74 Å². The lowest BCUT2D eigenvalue weighted by atomic mass is 10.2. The summed E-state index contributed by atoms with van der Waals surface area (Å²) < 4.78 is 33.5. The SMILES string of the molecule is CC[C@@H](Oc1ccc(N(C)S(C)(=O)=O)cc1)C(=O)Nc1c(C)n(C)n(-c2ccccc2)c1=O. The minimum Gasteiger partial charge on any atom is -0.481 e. The maximum absolute atomic E-state index is 13.0. The summed E-state index contributed by atoms with van der Waals surface area (Å²) in [5.74, 6) is -0.0324. The quantitative estimate of drug-likeness (QED) is 0.543. The molecular formula is C23H28N4O5S. The van der Waals surface area contributed by atoms with Crippen LogP contribution in [0.2, 0.25) is 0 Å². The lowest BCUT2D eigenvalue weighted by Crippen LogP contribution is -2.34. The zero-order valence-corrected chi connectivity index (χ0v) is 20.1. The molecule has 1 heterocycles. The number of nitrogens with zero attached hydrogens (tertiary/aromatic N) is 3. The molecule has 0 unspecified atom stereocenters. The van der Waals surface area contributed by atoms with Gasteiger partial charge in [0, 0.05) is 14.1 Å². The number of hydrogen-bond donors (Lipinski definition) is 1. The molecule has 1 atom stereocenters. The van der Waals surface area contributed by atoms with Crippen molar-refractivity contribution in [1.29, 1.82) is 0 Å². The zero-order valence-electron chi connectivity index (χ0n) is 19.3. The van der Waals surface area contributed by atoms with Crippen molar-refractivity contribution in [3.63, 3.8) is 0 Å². The van der Waals surface area contributed by atoms with Gasteiger partial charge in [-0.3, -0.25) is 18.6 Å². The lowest BCUT2D eigenvalue weighted by Gasteiger charge is -2.19. The number of aromatic nitrogens is 2. The minimum atomic E-state index is -3.38. The predicted octanol–water partition coefficient (Wildman–Crippen LogP) is 2.68. The first-order valence-corrected chi connectivity index (χ1v) is 12.2. The molecule has 1 amide bonds. The van der Waals surface area contributed by atoms with Crippen molar-refractivity contribution >= 4 is 27.3 Å². The van der Waals surface area contributed by atoms with Crippen LogP contribution >= 0.6 is 0 Å².